The lowest BCUT2D eigenvalue weighted by atomic mass is 9.93. The van der Waals surface area contributed by atoms with Gasteiger partial charge in [0.25, 0.3) is 0 Å². The second-order valence-corrected chi connectivity index (χ2v) is 6.19. The molecular weight excluding hydrogens is 224 g/mol. The fourth-order valence-electron chi connectivity index (χ4n) is 1.60. The highest BCUT2D eigenvalue weighted by molar-refractivity contribution is 5.27. The molecule has 0 aliphatic carbocycles. The zero-order valence-electron chi connectivity index (χ0n) is 12.1. The molecule has 1 atom stereocenters. The standard InChI is InChI=1S/C16H26O2/c1-13(17)5-6-14-7-9-15(10-8-14)18-12-11-16(2,3)4/h7-10,13,17H,5-6,11-12H2,1-4H3. The van der Waals surface area contributed by atoms with Crippen molar-refractivity contribution in [2.24, 2.45) is 5.41 Å². The minimum atomic E-state index is -0.229. The van der Waals surface area contributed by atoms with Crippen molar-refractivity contribution in [1.82, 2.24) is 0 Å². The van der Waals surface area contributed by atoms with Crippen LogP contribution in [0.5, 0.6) is 5.75 Å². The summed E-state index contributed by atoms with van der Waals surface area (Å²) in [4.78, 5) is 0. The van der Waals surface area contributed by atoms with Crippen molar-refractivity contribution in [3.05, 3.63) is 29.8 Å². The zero-order chi connectivity index (χ0) is 13.6. The third-order valence-corrected chi connectivity index (χ3v) is 2.89. The lowest BCUT2D eigenvalue weighted by Gasteiger charge is -2.18. The highest BCUT2D eigenvalue weighted by Crippen LogP contribution is 2.20. The normalized spacial score (nSPS) is 13.4. The van der Waals surface area contributed by atoms with Gasteiger partial charge in [-0.15, -0.1) is 0 Å². The van der Waals surface area contributed by atoms with E-state index in [9.17, 15) is 5.11 Å². The fraction of sp³-hybridized carbons (Fsp3) is 0.625. The predicted molar refractivity (Wildman–Crippen MR) is 76.0 cm³/mol. The Balaban J connectivity index is 2.36. The van der Waals surface area contributed by atoms with E-state index < -0.39 is 0 Å². The molecule has 0 aliphatic rings. The summed E-state index contributed by atoms with van der Waals surface area (Å²) in [6.07, 6.45) is 2.55. The molecule has 18 heavy (non-hydrogen) atoms. The Morgan fingerprint density at radius 2 is 1.78 bits per heavy atom. The molecule has 2 nitrogen and oxygen atoms in total. The number of aliphatic hydroxyl groups excluding tert-OH is 1. The first kappa shape index (κ1) is 15.0. The molecule has 1 rings (SSSR count). The number of aliphatic hydroxyl groups is 1. The van der Waals surface area contributed by atoms with Crippen LogP contribution < -0.4 is 4.74 Å². The maximum atomic E-state index is 9.24. The molecule has 0 amide bonds. The third kappa shape index (κ3) is 6.65. The number of rotatable bonds is 6. The van der Waals surface area contributed by atoms with Gasteiger partial charge in [0.05, 0.1) is 12.7 Å². The van der Waals surface area contributed by atoms with Gasteiger partial charge in [0.2, 0.25) is 0 Å². The summed E-state index contributed by atoms with van der Waals surface area (Å²) in [6, 6.07) is 8.18. The summed E-state index contributed by atoms with van der Waals surface area (Å²) in [5.74, 6) is 0.931. The molecule has 0 heterocycles. The monoisotopic (exact) mass is 250 g/mol. The third-order valence-electron chi connectivity index (χ3n) is 2.89. The Labute approximate surface area is 111 Å². The van der Waals surface area contributed by atoms with Crippen LogP contribution >= 0.6 is 0 Å². The lowest BCUT2D eigenvalue weighted by Crippen LogP contribution is -2.11. The highest BCUT2D eigenvalue weighted by atomic mass is 16.5. The van der Waals surface area contributed by atoms with Crippen LogP contribution in [-0.2, 0) is 6.42 Å². The largest absolute Gasteiger partial charge is 0.494 e. The molecule has 0 aromatic heterocycles. The molecule has 0 bridgehead atoms. The second kappa shape index (κ2) is 6.79. The van der Waals surface area contributed by atoms with E-state index in [1.165, 1.54) is 5.56 Å². The molecule has 1 aromatic rings. The number of hydrogen-bond acceptors (Lipinski definition) is 2. The van der Waals surface area contributed by atoms with Crippen molar-refractivity contribution in [1.29, 1.82) is 0 Å². The summed E-state index contributed by atoms with van der Waals surface area (Å²) in [5, 5.41) is 9.24. The number of ether oxygens (including phenoxy) is 1. The van der Waals surface area contributed by atoms with Crippen molar-refractivity contribution < 1.29 is 9.84 Å². The number of benzene rings is 1. The van der Waals surface area contributed by atoms with Crippen LogP contribution in [0.25, 0.3) is 0 Å². The molecular formula is C16H26O2. The van der Waals surface area contributed by atoms with E-state index in [-0.39, 0.29) is 6.10 Å². The van der Waals surface area contributed by atoms with Gasteiger partial charge in [0.15, 0.2) is 0 Å². The molecule has 0 aliphatic heterocycles. The van der Waals surface area contributed by atoms with E-state index >= 15 is 0 Å². The quantitative estimate of drug-likeness (QED) is 0.831. The minimum Gasteiger partial charge on any atom is -0.494 e. The van der Waals surface area contributed by atoms with Gasteiger partial charge < -0.3 is 9.84 Å². The average Bonchev–Trinajstić information content (AvgIpc) is 2.26. The summed E-state index contributed by atoms with van der Waals surface area (Å²) in [5.41, 5.74) is 1.57. The smallest absolute Gasteiger partial charge is 0.119 e. The van der Waals surface area contributed by atoms with Crippen LogP contribution in [0.4, 0.5) is 0 Å². The molecule has 0 fully saturated rings. The Morgan fingerprint density at radius 1 is 1.17 bits per heavy atom. The van der Waals surface area contributed by atoms with Gasteiger partial charge in [-0.2, -0.15) is 0 Å². The van der Waals surface area contributed by atoms with E-state index in [2.05, 4.69) is 32.9 Å². The Hall–Kier alpha value is -1.02. The van der Waals surface area contributed by atoms with Crippen LogP contribution in [0.3, 0.4) is 0 Å². The zero-order valence-corrected chi connectivity index (χ0v) is 12.1. The summed E-state index contributed by atoms with van der Waals surface area (Å²) in [7, 11) is 0. The van der Waals surface area contributed by atoms with Crippen LogP contribution in [-0.4, -0.2) is 17.8 Å². The van der Waals surface area contributed by atoms with Gasteiger partial charge in [0, 0.05) is 0 Å². The van der Waals surface area contributed by atoms with E-state index in [1.807, 2.05) is 19.1 Å². The van der Waals surface area contributed by atoms with Gasteiger partial charge in [-0.25, -0.2) is 0 Å². The van der Waals surface area contributed by atoms with Gasteiger partial charge in [-0.3, -0.25) is 0 Å². The fourth-order valence-corrected chi connectivity index (χ4v) is 1.60. The Kier molecular flexibility index (Phi) is 5.67. The SMILES string of the molecule is CC(O)CCc1ccc(OCCC(C)(C)C)cc1. The van der Waals surface area contributed by atoms with Crippen molar-refractivity contribution in [3.8, 4) is 5.75 Å². The molecule has 0 saturated carbocycles. The first-order valence-corrected chi connectivity index (χ1v) is 6.77. The average molecular weight is 250 g/mol. The van der Waals surface area contributed by atoms with Crippen molar-refractivity contribution in [2.75, 3.05) is 6.61 Å². The van der Waals surface area contributed by atoms with Crippen LogP contribution in [0.2, 0.25) is 0 Å². The molecule has 1 unspecified atom stereocenters. The summed E-state index contributed by atoms with van der Waals surface area (Å²) >= 11 is 0. The molecule has 1 N–H and O–H groups in total. The van der Waals surface area contributed by atoms with Crippen molar-refractivity contribution in [2.45, 2.75) is 53.1 Å². The highest BCUT2D eigenvalue weighted by Gasteiger charge is 2.09. The van der Waals surface area contributed by atoms with Gasteiger partial charge in [-0.1, -0.05) is 32.9 Å². The summed E-state index contributed by atoms with van der Waals surface area (Å²) in [6.45, 7) is 9.24. The molecule has 0 spiro atoms. The Bertz CT molecular complexity index is 333. The first-order chi connectivity index (χ1) is 8.37. The predicted octanol–water partition coefficient (Wildman–Crippen LogP) is 3.82. The molecule has 2 heteroatoms. The van der Waals surface area contributed by atoms with Gasteiger partial charge in [0.1, 0.15) is 5.75 Å². The van der Waals surface area contributed by atoms with Gasteiger partial charge in [-0.05, 0) is 49.3 Å². The Morgan fingerprint density at radius 3 is 2.28 bits per heavy atom. The number of aryl methyl sites for hydroxylation is 1. The first-order valence-electron chi connectivity index (χ1n) is 6.77. The van der Waals surface area contributed by atoms with Crippen LogP contribution in [0, 0.1) is 5.41 Å². The van der Waals surface area contributed by atoms with E-state index in [1.54, 1.807) is 0 Å². The minimum absolute atomic E-state index is 0.229. The van der Waals surface area contributed by atoms with E-state index in [4.69, 9.17) is 4.74 Å². The van der Waals surface area contributed by atoms with Crippen molar-refractivity contribution >= 4 is 0 Å². The topological polar surface area (TPSA) is 29.5 Å². The van der Waals surface area contributed by atoms with Crippen LogP contribution in [0.15, 0.2) is 24.3 Å². The van der Waals surface area contributed by atoms with Gasteiger partial charge >= 0.3 is 0 Å². The lowest BCUT2D eigenvalue weighted by molar-refractivity contribution is 0.185. The maximum absolute atomic E-state index is 9.24. The molecule has 0 saturated heterocycles. The van der Waals surface area contributed by atoms with E-state index in [0.29, 0.717) is 5.41 Å². The second-order valence-electron chi connectivity index (χ2n) is 6.19. The van der Waals surface area contributed by atoms with E-state index in [0.717, 1.165) is 31.6 Å². The molecule has 1 aromatic carbocycles. The van der Waals surface area contributed by atoms with Crippen LogP contribution in [0.1, 0.15) is 46.1 Å². The number of hydrogen-bond donors (Lipinski definition) is 1. The van der Waals surface area contributed by atoms with Crippen molar-refractivity contribution in [3.63, 3.8) is 0 Å². The molecule has 0 radical (unpaired) electrons. The summed E-state index contributed by atoms with van der Waals surface area (Å²) < 4.78 is 5.71. The molecule has 102 valence electrons. The maximum Gasteiger partial charge on any atom is 0.119 e.